The maximum Gasteiger partial charge on any atom is 0.313 e. The molecule has 3 nitrogen and oxygen atoms in total. The van der Waals surface area contributed by atoms with Crippen LogP contribution in [0.2, 0.25) is 0 Å². The molecule has 0 spiro atoms. The summed E-state index contributed by atoms with van der Waals surface area (Å²) >= 11 is 0. The number of H-pyrrole nitrogens is 1. The van der Waals surface area contributed by atoms with Gasteiger partial charge in [0, 0.05) is 16.6 Å². The first-order valence-corrected chi connectivity index (χ1v) is 6.08. The summed E-state index contributed by atoms with van der Waals surface area (Å²) in [6.07, 6.45) is 0. The number of carboxylic acid groups (broad SMARTS) is 1. The molecule has 1 aromatic heterocycles. The van der Waals surface area contributed by atoms with E-state index in [4.69, 9.17) is 0 Å². The van der Waals surface area contributed by atoms with E-state index < -0.39 is 11.4 Å². The van der Waals surface area contributed by atoms with Gasteiger partial charge >= 0.3 is 5.97 Å². The number of hydrogen-bond donors (Lipinski definition) is 2. The molecule has 1 aromatic carbocycles. The highest BCUT2D eigenvalue weighted by Crippen LogP contribution is 2.35. The van der Waals surface area contributed by atoms with E-state index in [1.54, 1.807) is 13.8 Å². The second-order valence-corrected chi connectivity index (χ2v) is 5.56. The number of fused-ring (bicyclic) bond motifs is 1. The van der Waals surface area contributed by atoms with Gasteiger partial charge in [0.15, 0.2) is 0 Å². The highest BCUT2D eigenvalue weighted by atomic mass is 16.4. The van der Waals surface area contributed by atoms with E-state index in [1.165, 1.54) is 5.56 Å². The molecule has 0 aliphatic carbocycles. The minimum atomic E-state index is -0.887. The van der Waals surface area contributed by atoms with Gasteiger partial charge in [0.2, 0.25) is 0 Å². The van der Waals surface area contributed by atoms with Crippen LogP contribution in [0.25, 0.3) is 10.9 Å². The fraction of sp³-hybridized carbons (Fsp3) is 0.400. The Morgan fingerprint density at radius 1 is 1.22 bits per heavy atom. The number of aromatic amines is 1. The monoisotopic (exact) mass is 245 g/mol. The van der Waals surface area contributed by atoms with Gasteiger partial charge in [-0.15, -0.1) is 0 Å². The number of rotatable bonds is 2. The van der Waals surface area contributed by atoms with Crippen LogP contribution in [-0.4, -0.2) is 16.1 Å². The van der Waals surface area contributed by atoms with Crippen LogP contribution in [0.15, 0.2) is 12.1 Å². The molecule has 0 fully saturated rings. The summed E-state index contributed by atoms with van der Waals surface area (Å²) in [5.41, 5.74) is 4.27. The van der Waals surface area contributed by atoms with Crippen molar-refractivity contribution < 1.29 is 9.90 Å². The summed E-state index contributed by atoms with van der Waals surface area (Å²) in [7, 11) is 0. The zero-order valence-corrected chi connectivity index (χ0v) is 11.5. The van der Waals surface area contributed by atoms with Crippen molar-refractivity contribution in [2.45, 2.75) is 40.0 Å². The van der Waals surface area contributed by atoms with Gasteiger partial charge in [0.25, 0.3) is 0 Å². The summed E-state index contributed by atoms with van der Waals surface area (Å²) in [5.74, 6) is -0.800. The van der Waals surface area contributed by atoms with Crippen LogP contribution in [-0.2, 0) is 10.2 Å². The quantitative estimate of drug-likeness (QED) is 0.851. The van der Waals surface area contributed by atoms with Gasteiger partial charge in [0.05, 0.1) is 5.41 Å². The summed E-state index contributed by atoms with van der Waals surface area (Å²) in [4.78, 5) is 14.8. The van der Waals surface area contributed by atoms with Crippen molar-refractivity contribution in [1.82, 2.24) is 4.98 Å². The molecule has 3 heteroatoms. The minimum Gasteiger partial charge on any atom is -0.481 e. The van der Waals surface area contributed by atoms with Crippen LogP contribution in [0.1, 0.15) is 36.2 Å². The maximum atomic E-state index is 11.5. The number of nitrogens with one attached hydrogen (secondary N) is 1. The molecular weight excluding hydrogens is 226 g/mol. The Morgan fingerprint density at radius 3 is 2.39 bits per heavy atom. The topological polar surface area (TPSA) is 53.1 Å². The Bertz CT molecular complexity index is 635. The third-order valence-electron chi connectivity index (χ3n) is 3.59. The molecule has 2 rings (SSSR count). The summed E-state index contributed by atoms with van der Waals surface area (Å²) in [6, 6.07) is 4.16. The number of aliphatic carboxylic acids is 1. The van der Waals surface area contributed by atoms with Gasteiger partial charge in [-0.05, 0) is 57.4 Å². The number of benzene rings is 1. The molecule has 0 saturated heterocycles. The molecule has 0 saturated carbocycles. The van der Waals surface area contributed by atoms with Crippen molar-refractivity contribution in [3.05, 3.63) is 34.5 Å². The fourth-order valence-corrected chi connectivity index (χ4v) is 2.74. The molecule has 2 N–H and O–H groups in total. The zero-order valence-electron chi connectivity index (χ0n) is 11.5. The van der Waals surface area contributed by atoms with Crippen LogP contribution in [0, 0.1) is 20.8 Å². The Hall–Kier alpha value is -1.77. The van der Waals surface area contributed by atoms with Crippen molar-refractivity contribution in [3.63, 3.8) is 0 Å². The average molecular weight is 245 g/mol. The summed E-state index contributed by atoms with van der Waals surface area (Å²) < 4.78 is 0. The predicted octanol–water partition coefficient (Wildman–Crippen LogP) is 3.46. The lowest BCUT2D eigenvalue weighted by Gasteiger charge is -2.20. The second-order valence-electron chi connectivity index (χ2n) is 5.56. The minimum absolute atomic E-state index is 0.800. The maximum absolute atomic E-state index is 11.5. The van der Waals surface area contributed by atoms with E-state index in [2.05, 4.69) is 17.1 Å². The Kier molecular flexibility index (Phi) is 2.73. The molecule has 0 aliphatic rings. The molecule has 1 heterocycles. The van der Waals surface area contributed by atoms with Gasteiger partial charge < -0.3 is 10.1 Å². The number of aromatic nitrogens is 1. The van der Waals surface area contributed by atoms with Crippen LogP contribution >= 0.6 is 0 Å². The van der Waals surface area contributed by atoms with E-state index in [0.29, 0.717) is 0 Å². The smallest absolute Gasteiger partial charge is 0.313 e. The van der Waals surface area contributed by atoms with Crippen molar-refractivity contribution in [3.8, 4) is 0 Å². The molecule has 0 unspecified atom stereocenters. The third-order valence-corrected chi connectivity index (χ3v) is 3.59. The largest absolute Gasteiger partial charge is 0.481 e. The van der Waals surface area contributed by atoms with Gasteiger partial charge in [-0.3, -0.25) is 4.79 Å². The van der Waals surface area contributed by atoms with E-state index >= 15 is 0 Å². The number of hydrogen-bond acceptors (Lipinski definition) is 1. The highest BCUT2D eigenvalue weighted by Gasteiger charge is 2.34. The SMILES string of the molecule is Cc1cc(C)c2c(C(C)(C)C(=O)O)c(C)[nH]c2c1. The van der Waals surface area contributed by atoms with E-state index in [0.717, 1.165) is 27.7 Å². The van der Waals surface area contributed by atoms with Crippen LogP contribution in [0.3, 0.4) is 0 Å². The molecule has 0 atom stereocenters. The first-order chi connectivity index (χ1) is 8.25. The van der Waals surface area contributed by atoms with Gasteiger partial charge in [0.1, 0.15) is 0 Å². The average Bonchev–Trinajstić information content (AvgIpc) is 2.54. The Labute approximate surface area is 107 Å². The Morgan fingerprint density at radius 2 is 1.83 bits per heavy atom. The first-order valence-electron chi connectivity index (χ1n) is 6.08. The highest BCUT2D eigenvalue weighted by molar-refractivity contribution is 5.95. The lowest BCUT2D eigenvalue weighted by atomic mass is 9.82. The number of aryl methyl sites for hydroxylation is 3. The van der Waals surface area contributed by atoms with Crippen molar-refractivity contribution in [2.75, 3.05) is 0 Å². The second kappa shape index (κ2) is 3.87. The fourth-order valence-electron chi connectivity index (χ4n) is 2.74. The first kappa shape index (κ1) is 12.7. The van der Waals surface area contributed by atoms with Gasteiger partial charge in [-0.2, -0.15) is 0 Å². The normalized spacial score (nSPS) is 12.1. The van der Waals surface area contributed by atoms with Crippen molar-refractivity contribution >= 4 is 16.9 Å². The third kappa shape index (κ3) is 1.70. The summed E-state index contributed by atoms with van der Waals surface area (Å²) in [6.45, 7) is 9.53. The Balaban J connectivity index is 2.87. The molecule has 0 radical (unpaired) electrons. The standard InChI is InChI=1S/C15H19NO2/c1-8-6-9(2)12-11(7-8)16-10(3)13(12)15(4,5)14(17)18/h6-7,16H,1-5H3,(H,17,18). The molecule has 0 aliphatic heterocycles. The van der Waals surface area contributed by atoms with E-state index in [-0.39, 0.29) is 0 Å². The van der Waals surface area contributed by atoms with Crippen molar-refractivity contribution in [1.29, 1.82) is 0 Å². The van der Waals surface area contributed by atoms with Crippen LogP contribution in [0.5, 0.6) is 0 Å². The zero-order chi connectivity index (χ0) is 13.7. The molecule has 2 aromatic rings. The van der Waals surface area contributed by atoms with Gasteiger partial charge in [-0.25, -0.2) is 0 Å². The van der Waals surface area contributed by atoms with Crippen molar-refractivity contribution in [2.24, 2.45) is 0 Å². The molecular formula is C15H19NO2. The van der Waals surface area contributed by atoms with E-state index in [9.17, 15) is 9.90 Å². The predicted molar refractivity (Wildman–Crippen MR) is 73.2 cm³/mol. The molecule has 18 heavy (non-hydrogen) atoms. The lowest BCUT2D eigenvalue weighted by molar-refractivity contribution is -0.142. The number of carboxylic acids is 1. The van der Waals surface area contributed by atoms with Crippen LogP contribution < -0.4 is 0 Å². The van der Waals surface area contributed by atoms with Crippen LogP contribution in [0.4, 0.5) is 0 Å². The van der Waals surface area contributed by atoms with Gasteiger partial charge in [-0.1, -0.05) is 6.07 Å². The molecule has 96 valence electrons. The number of carbonyl (C=O) groups is 1. The summed E-state index contributed by atoms with van der Waals surface area (Å²) in [5, 5.41) is 10.5. The molecule has 0 bridgehead atoms. The van der Waals surface area contributed by atoms with E-state index in [1.807, 2.05) is 20.8 Å². The lowest BCUT2D eigenvalue weighted by Crippen LogP contribution is -2.29. The molecule has 0 amide bonds.